The first-order valence-corrected chi connectivity index (χ1v) is 8.38. The summed E-state index contributed by atoms with van der Waals surface area (Å²) in [5, 5.41) is 0. The molecule has 0 N–H and O–H groups in total. The molecule has 8 heteroatoms. The molecule has 0 heterocycles. The van der Waals surface area contributed by atoms with Crippen LogP contribution in [-0.2, 0) is 38.1 Å². The molecule has 0 radical (unpaired) electrons. The summed E-state index contributed by atoms with van der Waals surface area (Å²) in [6.07, 6.45) is 0.0567. The van der Waals surface area contributed by atoms with Gasteiger partial charge in [0.25, 0.3) is 0 Å². The Kier molecular flexibility index (Phi) is 9.16. The fraction of sp³-hybridized carbons (Fsp3) is 0.765. The highest BCUT2D eigenvalue weighted by Gasteiger charge is 2.57. The summed E-state index contributed by atoms with van der Waals surface area (Å²) in [6.45, 7) is 8.97. The van der Waals surface area contributed by atoms with Gasteiger partial charge in [0.1, 0.15) is 12.0 Å². The van der Waals surface area contributed by atoms with E-state index in [-0.39, 0.29) is 32.3 Å². The minimum atomic E-state index is -2.33. The molecule has 0 aliphatic rings. The van der Waals surface area contributed by atoms with E-state index in [9.17, 15) is 19.2 Å². The van der Waals surface area contributed by atoms with Crippen LogP contribution < -0.4 is 0 Å². The van der Waals surface area contributed by atoms with Crippen LogP contribution in [-0.4, -0.2) is 36.5 Å². The lowest BCUT2D eigenvalue weighted by Crippen LogP contribution is -2.57. The van der Waals surface area contributed by atoms with E-state index in [1.54, 1.807) is 27.7 Å². The van der Waals surface area contributed by atoms with Gasteiger partial charge in [-0.1, -0.05) is 27.7 Å². The van der Waals surface area contributed by atoms with Gasteiger partial charge in [-0.2, -0.15) is 0 Å². The summed E-state index contributed by atoms with van der Waals surface area (Å²) in [6, 6.07) is 0. The van der Waals surface area contributed by atoms with Crippen LogP contribution in [0.4, 0.5) is 0 Å². The molecule has 144 valence electrons. The minimum Gasteiger partial charge on any atom is -0.465 e. The largest absolute Gasteiger partial charge is 0.465 e. The van der Waals surface area contributed by atoms with E-state index in [2.05, 4.69) is 0 Å². The second-order valence-electron chi connectivity index (χ2n) is 5.94. The zero-order valence-corrected chi connectivity index (χ0v) is 15.8. The third kappa shape index (κ3) is 6.72. The summed E-state index contributed by atoms with van der Waals surface area (Å²) >= 11 is 0. The highest BCUT2D eigenvalue weighted by Crippen LogP contribution is 2.38. The van der Waals surface area contributed by atoms with E-state index in [0.717, 1.165) is 0 Å². The van der Waals surface area contributed by atoms with E-state index in [4.69, 9.17) is 18.9 Å². The van der Waals surface area contributed by atoms with Crippen molar-refractivity contribution in [3.63, 3.8) is 0 Å². The summed E-state index contributed by atoms with van der Waals surface area (Å²) in [4.78, 5) is 47.2. The molecule has 25 heavy (non-hydrogen) atoms. The second kappa shape index (κ2) is 10.0. The Balaban J connectivity index is 5.89. The van der Waals surface area contributed by atoms with Crippen LogP contribution in [0.3, 0.4) is 0 Å². The number of hydrogen-bond acceptors (Lipinski definition) is 8. The Hall–Kier alpha value is -2.12. The molecule has 0 aliphatic heterocycles. The molecule has 0 saturated carbocycles. The van der Waals surface area contributed by atoms with Crippen molar-refractivity contribution in [2.75, 3.05) is 6.61 Å². The minimum absolute atomic E-state index is 0.0278. The standard InChI is InChI=1S/C17H28O8/c1-7-12(18)22-11-16(5,6)17(23-13(19)8-2,24-14(20)9-3)25-15(21)10-4/h7-11H2,1-6H3. The lowest BCUT2D eigenvalue weighted by molar-refractivity contribution is -0.377. The van der Waals surface area contributed by atoms with Gasteiger partial charge in [0.15, 0.2) is 0 Å². The number of carbonyl (C=O) groups is 4. The Morgan fingerprint density at radius 3 is 1.24 bits per heavy atom. The molecule has 0 fully saturated rings. The molecule has 0 aromatic rings. The van der Waals surface area contributed by atoms with E-state index in [1.165, 1.54) is 13.8 Å². The van der Waals surface area contributed by atoms with Crippen molar-refractivity contribution in [1.29, 1.82) is 0 Å². The number of carbonyl (C=O) groups excluding carboxylic acids is 4. The fourth-order valence-electron chi connectivity index (χ4n) is 1.59. The number of ether oxygens (including phenoxy) is 4. The average molecular weight is 360 g/mol. The van der Waals surface area contributed by atoms with Crippen LogP contribution in [0.1, 0.15) is 67.2 Å². The van der Waals surface area contributed by atoms with Crippen LogP contribution >= 0.6 is 0 Å². The SMILES string of the molecule is CCC(=O)OCC(C)(C)C(OC(=O)CC)(OC(=O)CC)OC(=O)CC. The Morgan fingerprint density at radius 1 is 0.640 bits per heavy atom. The van der Waals surface area contributed by atoms with Crippen LogP contribution in [0.15, 0.2) is 0 Å². The number of hydrogen-bond donors (Lipinski definition) is 0. The topological polar surface area (TPSA) is 105 Å². The summed E-state index contributed by atoms with van der Waals surface area (Å²) < 4.78 is 20.8. The quantitative estimate of drug-likeness (QED) is 0.432. The maximum Gasteiger partial charge on any atom is 0.432 e. The maximum absolute atomic E-state index is 11.9. The molecule has 0 aromatic heterocycles. The molecular formula is C17H28O8. The summed E-state index contributed by atoms with van der Waals surface area (Å²) in [5.41, 5.74) is -1.34. The van der Waals surface area contributed by atoms with Crippen molar-refractivity contribution in [2.24, 2.45) is 5.41 Å². The van der Waals surface area contributed by atoms with Crippen molar-refractivity contribution < 1.29 is 38.1 Å². The third-order valence-corrected chi connectivity index (χ3v) is 3.32. The van der Waals surface area contributed by atoms with Crippen LogP contribution in [0.25, 0.3) is 0 Å². The summed E-state index contributed by atoms with van der Waals surface area (Å²) in [5.74, 6) is -5.02. The molecule has 0 spiro atoms. The molecule has 0 unspecified atom stereocenters. The lowest BCUT2D eigenvalue weighted by Gasteiger charge is -2.41. The molecule has 0 bridgehead atoms. The zero-order chi connectivity index (χ0) is 19.7. The van der Waals surface area contributed by atoms with Crippen molar-refractivity contribution in [3.05, 3.63) is 0 Å². The van der Waals surface area contributed by atoms with E-state index >= 15 is 0 Å². The van der Waals surface area contributed by atoms with Crippen LogP contribution in [0.2, 0.25) is 0 Å². The molecule has 0 aliphatic carbocycles. The first-order valence-electron chi connectivity index (χ1n) is 8.38. The van der Waals surface area contributed by atoms with Gasteiger partial charge in [0.2, 0.25) is 0 Å². The molecular weight excluding hydrogens is 332 g/mol. The van der Waals surface area contributed by atoms with Gasteiger partial charge in [-0.15, -0.1) is 0 Å². The average Bonchev–Trinajstić information content (AvgIpc) is 2.58. The summed E-state index contributed by atoms with van der Waals surface area (Å²) in [7, 11) is 0. The molecule has 0 atom stereocenters. The highest BCUT2D eigenvalue weighted by atomic mass is 16.9. The monoisotopic (exact) mass is 360 g/mol. The molecule has 8 nitrogen and oxygen atoms in total. The van der Waals surface area contributed by atoms with Gasteiger partial charge < -0.3 is 18.9 Å². The molecule has 0 aromatic carbocycles. The van der Waals surface area contributed by atoms with Gasteiger partial charge in [0.05, 0.1) is 0 Å². The Labute approximate surface area is 148 Å². The maximum atomic E-state index is 11.9. The first kappa shape index (κ1) is 22.9. The third-order valence-electron chi connectivity index (χ3n) is 3.32. The van der Waals surface area contributed by atoms with Crippen molar-refractivity contribution in [2.45, 2.75) is 73.2 Å². The predicted molar refractivity (Wildman–Crippen MR) is 86.9 cm³/mol. The van der Waals surface area contributed by atoms with Crippen molar-refractivity contribution in [1.82, 2.24) is 0 Å². The van der Waals surface area contributed by atoms with Gasteiger partial charge in [-0.3, -0.25) is 19.2 Å². The zero-order valence-electron chi connectivity index (χ0n) is 15.8. The second-order valence-corrected chi connectivity index (χ2v) is 5.94. The van der Waals surface area contributed by atoms with E-state index in [0.29, 0.717) is 0 Å². The van der Waals surface area contributed by atoms with E-state index in [1.807, 2.05) is 0 Å². The molecule has 0 rings (SSSR count). The predicted octanol–water partition coefficient (Wildman–Crippen LogP) is 2.48. The molecule has 0 amide bonds. The normalized spacial score (nSPS) is 11.4. The number of rotatable bonds is 10. The molecule has 0 saturated heterocycles. The van der Waals surface area contributed by atoms with Gasteiger partial charge in [0, 0.05) is 25.7 Å². The van der Waals surface area contributed by atoms with Gasteiger partial charge in [-0.05, 0) is 13.8 Å². The van der Waals surface area contributed by atoms with Gasteiger partial charge in [-0.25, -0.2) is 0 Å². The Morgan fingerprint density at radius 2 is 0.960 bits per heavy atom. The highest BCUT2D eigenvalue weighted by molar-refractivity contribution is 5.74. The first-order chi connectivity index (χ1) is 11.6. The smallest absolute Gasteiger partial charge is 0.432 e. The van der Waals surface area contributed by atoms with E-state index < -0.39 is 35.3 Å². The van der Waals surface area contributed by atoms with Crippen molar-refractivity contribution >= 4 is 23.9 Å². The Bertz CT molecular complexity index is 449. The van der Waals surface area contributed by atoms with Gasteiger partial charge >= 0.3 is 29.9 Å². The fourth-order valence-corrected chi connectivity index (χ4v) is 1.59. The van der Waals surface area contributed by atoms with Crippen LogP contribution in [0, 0.1) is 5.41 Å². The van der Waals surface area contributed by atoms with Crippen LogP contribution in [0.5, 0.6) is 0 Å². The lowest BCUT2D eigenvalue weighted by atomic mass is 9.90. The van der Waals surface area contributed by atoms with Crippen molar-refractivity contribution in [3.8, 4) is 0 Å². The number of esters is 4.